The van der Waals surface area contributed by atoms with Crippen molar-refractivity contribution in [3.63, 3.8) is 0 Å². The SMILES string of the molecule is Cc1oc(-c2ccccc2)nc1CCNC(=O)c1ccc(NC2CC2)nc1. The summed E-state index contributed by atoms with van der Waals surface area (Å²) in [6, 6.07) is 14.0. The first-order valence-corrected chi connectivity index (χ1v) is 9.21. The van der Waals surface area contributed by atoms with Gasteiger partial charge in [-0.2, -0.15) is 0 Å². The number of nitrogens with zero attached hydrogens (tertiary/aromatic N) is 2. The van der Waals surface area contributed by atoms with Crippen LogP contribution in [0.5, 0.6) is 0 Å². The molecule has 0 atom stereocenters. The molecule has 6 heteroatoms. The largest absolute Gasteiger partial charge is 0.441 e. The standard InChI is InChI=1S/C21H22N4O2/c1-14-18(25-21(27-14)15-5-3-2-4-6-15)11-12-22-20(26)16-7-10-19(23-13-16)24-17-8-9-17/h2-7,10,13,17H,8-9,11-12H2,1H3,(H,22,26)(H,23,24). The lowest BCUT2D eigenvalue weighted by Crippen LogP contribution is -2.26. The summed E-state index contributed by atoms with van der Waals surface area (Å²) in [6.07, 6.45) is 4.60. The van der Waals surface area contributed by atoms with Crippen molar-refractivity contribution in [3.05, 3.63) is 65.7 Å². The Hall–Kier alpha value is -3.15. The molecule has 1 aromatic carbocycles. The van der Waals surface area contributed by atoms with Gasteiger partial charge in [0.15, 0.2) is 0 Å². The van der Waals surface area contributed by atoms with E-state index in [1.165, 1.54) is 12.8 Å². The number of carbonyl (C=O) groups excluding carboxylic acids is 1. The number of aryl methyl sites for hydroxylation is 1. The molecule has 0 bridgehead atoms. The summed E-state index contributed by atoms with van der Waals surface area (Å²) in [6.45, 7) is 2.38. The van der Waals surface area contributed by atoms with Crippen molar-refractivity contribution < 1.29 is 9.21 Å². The number of hydrogen-bond donors (Lipinski definition) is 2. The van der Waals surface area contributed by atoms with Gasteiger partial charge in [-0.3, -0.25) is 4.79 Å². The first-order chi connectivity index (χ1) is 13.2. The predicted molar refractivity (Wildman–Crippen MR) is 104 cm³/mol. The Morgan fingerprint density at radius 1 is 1.19 bits per heavy atom. The Kier molecular flexibility index (Phi) is 4.87. The predicted octanol–water partition coefficient (Wildman–Crippen LogP) is 3.59. The van der Waals surface area contributed by atoms with E-state index in [1.54, 1.807) is 12.3 Å². The van der Waals surface area contributed by atoms with E-state index < -0.39 is 0 Å². The van der Waals surface area contributed by atoms with Gasteiger partial charge in [0.05, 0.1) is 11.3 Å². The molecule has 138 valence electrons. The fourth-order valence-corrected chi connectivity index (χ4v) is 2.81. The van der Waals surface area contributed by atoms with Crippen LogP contribution in [0, 0.1) is 6.92 Å². The average Bonchev–Trinajstić information content (AvgIpc) is 3.44. The number of rotatable bonds is 7. The molecule has 27 heavy (non-hydrogen) atoms. The van der Waals surface area contributed by atoms with Crippen LogP contribution < -0.4 is 10.6 Å². The highest BCUT2D eigenvalue weighted by Crippen LogP contribution is 2.23. The first-order valence-electron chi connectivity index (χ1n) is 9.21. The van der Waals surface area contributed by atoms with Crippen LogP contribution in [0.25, 0.3) is 11.5 Å². The molecule has 2 N–H and O–H groups in total. The van der Waals surface area contributed by atoms with E-state index in [2.05, 4.69) is 20.6 Å². The van der Waals surface area contributed by atoms with Crippen molar-refractivity contribution in [2.75, 3.05) is 11.9 Å². The molecule has 1 aliphatic carbocycles. The van der Waals surface area contributed by atoms with Crippen molar-refractivity contribution in [3.8, 4) is 11.5 Å². The maximum Gasteiger partial charge on any atom is 0.252 e. The second-order valence-electron chi connectivity index (χ2n) is 6.74. The number of anilines is 1. The lowest BCUT2D eigenvalue weighted by Gasteiger charge is -2.06. The van der Waals surface area contributed by atoms with Crippen LogP contribution in [0.4, 0.5) is 5.82 Å². The van der Waals surface area contributed by atoms with Crippen LogP contribution in [0.1, 0.15) is 34.7 Å². The summed E-state index contributed by atoms with van der Waals surface area (Å²) in [5.41, 5.74) is 2.36. The number of aromatic nitrogens is 2. The highest BCUT2D eigenvalue weighted by molar-refractivity contribution is 5.94. The molecule has 1 fully saturated rings. The van der Waals surface area contributed by atoms with E-state index in [1.807, 2.05) is 43.3 Å². The maximum absolute atomic E-state index is 12.3. The third kappa shape index (κ3) is 4.34. The summed E-state index contributed by atoms with van der Waals surface area (Å²) in [5, 5.41) is 6.22. The summed E-state index contributed by atoms with van der Waals surface area (Å²) in [4.78, 5) is 21.1. The Bertz CT molecular complexity index is 915. The molecule has 1 amide bonds. The number of nitrogens with one attached hydrogen (secondary N) is 2. The smallest absolute Gasteiger partial charge is 0.252 e. The van der Waals surface area contributed by atoms with Gasteiger partial charge in [-0.1, -0.05) is 18.2 Å². The third-order valence-corrected chi connectivity index (χ3v) is 4.52. The molecule has 1 saturated carbocycles. The minimum absolute atomic E-state index is 0.134. The zero-order valence-corrected chi connectivity index (χ0v) is 15.2. The number of amides is 1. The number of carbonyl (C=O) groups is 1. The fourth-order valence-electron chi connectivity index (χ4n) is 2.81. The zero-order valence-electron chi connectivity index (χ0n) is 15.2. The highest BCUT2D eigenvalue weighted by atomic mass is 16.4. The molecule has 1 aliphatic rings. The van der Waals surface area contributed by atoms with Gasteiger partial charge >= 0.3 is 0 Å². The lowest BCUT2D eigenvalue weighted by molar-refractivity contribution is 0.0953. The van der Waals surface area contributed by atoms with Crippen molar-refractivity contribution in [1.29, 1.82) is 0 Å². The Labute approximate surface area is 158 Å². The van der Waals surface area contributed by atoms with Crippen LogP contribution in [-0.2, 0) is 6.42 Å². The van der Waals surface area contributed by atoms with E-state index in [4.69, 9.17) is 4.42 Å². The molecular weight excluding hydrogens is 340 g/mol. The number of hydrogen-bond acceptors (Lipinski definition) is 5. The van der Waals surface area contributed by atoms with Crippen molar-refractivity contribution in [2.24, 2.45) is 0 Å². The quantitative estimate of drug-likeness (QED) is 0.671. The van der Waals surface area contributed by atoms with E-state index in [0.717, 1.165) is 22.8 Å². The topological polar surface area (TPSA) is 80.0 Å². The molecule has 0 aliphatic heterocycles. The van der Waals surface area contributed by atoms with Crippen molar-refractivity contribution in [1.82, 2.24) is 15.3 Å². The Morgan fingerprint density at radius 3 is 2.70 bits per heavy atom. The second kappa shape index (κ2) is 7.61. The second-order valence-corrected chi connectivity index (χ2v) is 6.74. The average molecular weight is 362 g/mol. The van der Waals surface area contributed by atoms with E-state index in [-0.39, 0.29) is 5.91 Å². The number of benzene rings is 1. The molecule has 4 rings (SSSR count). The molecule has 0 spiro atoms. The van der Waals surface area contributed by atoms with Gasteiger partial charge in [-0.05, 0) is 44.0 Å². The monoisotopic (exact) mass is 362 g/mol. The summed E-state index contributed by atoms with van der Waals surface area (Å²) < 4.78 is 5.75. The molecule has 0 saturated heterocycles. The molecular formula is C21H22N4O2. The summed E-state index contributed by atoms with van der Waals surface area (Å²) >= 11 is 0. The zero-order chi connectivity index (χ0) is 18.6. The van der Waals surface area contributed by atoms with Crippen molar-refractivity contribution >= 4 is 11.7 Å². The summed E-state index contributed by atoms with van der Waals surface area (Å²) in [7, 11) is 0. The van der Waals surface area contributed by atoms with Crippen LogP contribution >= 0.6 is 0 Å². The fraction of sp³-hybridized carbons (Fsp3) is 0.286. The third-order valence-electron chi connectivity index (χ3n) is 4.52. The van der Waals surface area contributed by atoms with Crippen LogP contribution in [0.3, 0.4) is 0 Å². The van der Waals surface area contributed by atoms with Gasteiger partial charge in [0.25, 0.3) is 5.91 Å². The van der Waals surface area contributed by atoms with E-state index in [0.29, 0.717) is 30.5 Å². The van der Waals surface area contributed by atoms with E-state index >= 15 is 0 Å². The summed E-state index contributed by atoms with van der Waals surface area (Å²) in [5.74, 6) is 2.07. The minimum Gasteiger partial charge on any atom is -0.441 e. The molecule has 2 heterocycles. The Morgan fingerprint density at radius 2 is 2.00 bits per heavy atom. The van der Waals surface area contributed by atoms with Gasteiger partial charge in [-0.15, -0.1) is 0 Å². The van der Waals surface area contributed by atoms with Crippen molar-refractivity contribution in [2.45, 2.75) is 32.2 Å². The van der Waals surface area contributed by atoms with Gasteiger partial charge in [0, 0.05) is 30.8 Å². The normalized spacial score (nSPS) is 13.4. The van der Waals surface area contributed by atoms with Crippen LogP contribution in [0.15, 0.2) is 53.1 Å². The first kappa shape index (κ1) is 17.3. The Balaban J connectivity index is 1.31. The highest BCUT2D eigenvalue weighted by Gasteiger charge is 2.21. The molecule has 2 aromatic heterocycles. The number of pyridine rings is 1. The number of oxazole rings is 1. The van der Waals surface area contributed by atoms with Gasteiger partial charge in [0.1, 0.15) is 11.6 Å². The lowest BCUT2D eigenvalue weighted by atomic mass is 10.2. The van der Waals surface area contributed by atoms with E-state index in [9.17, 15) is 4.79 Å². The van der Waals surface area contributed by atoms with Crippen LogP contribution in [0.2, 0.25) is 0 Å². The molecule has 0 unspecified atom stereocenters. The molecule has 0 radical (unpaired) electrons. The minimum atomic E-state index is -0.134. The van der Waals surface area contributed by atoms with Gasteiger partial charge in [-0.25, -0.2) is 9.97 Å². The molecule has 6 nitrogen and oxygen atoms in total. The molecule has 3 aromatic rings. The van der Waals surface area contributed by atoms with Gasteiger partial charge in [0.2, 0.25) is 5.89 Å². The van der Waals surface area contributed by atoms with Gasteiger partial charge < -0.3 is 15.1 Å². The maximum atomic E-state index is 12.3. The van der Waals surface area contributed by atoms with Crippen LogP contribution in [-0.4, -0.2) is 28.5 Å².